The minimum absolute atomic E-state index is 0.146. The van der Waals surface area contributed by atoms with Crippen molar-refractivity contribution in [1.29, 1.82) is 0 Å². The van der Waals surface area contributed by atoms with E-state index in [-0.39, 0.29) is 17.3 Å². The van der Waals surface area contributed by atoms with Crippen molar-refractivity contribution in [3.05, 3.63) is 89.5 Å². The number of aryl methyl sites for hydroxylation is 2. The van der Waals surface area contributed by atoms with E-state index in [1.54, 1.807) is 42.5 Å². The summed E-state index contributed by atoms with van der Waals surface area (Å²) in [5, 5.41) is 2.87. The van der Waals surface area contributed by atoms with E-state index >= 15 is 0 Å². The number of carbonyl (C=O) groups excluding carboxylic acids is 1. The zero-order valence-electron chi connectivity index (χ0n) is 20.3. The predicted octanol–water partition coefficient (Wildman–Crippen LogP) is 4.66. The summed E-state index contributed by atoms with van der Waals surface area (Å²) in [7, 11) is -3.92. The van der Waals surface area contributed by atoms with Crippen LogP contribution in [0.1, 0.15) is 30.5 Å². The number of sulfonamides is 1. The third kappa shape index (κ3) is 5.97. The van der Waals surface area contributed by atoms with Gasteiger partial charge in [-0.3, -0.25) is 9.10 Å². The molecular formula is C27H33N3O3S. The lowest BCUT2D eigenvalue weighted by atomic mass is 10.1. The molecule has 1 amide bonds. The number of anilines is 2. The fraction of sp³-hybridized carbons (Fsp3) is 0.296. The molecule has 0 aliphatic carbocycles. The van der Waals surface area contributed by atoms with Crippen molar-refractivity contribution in [3.8, 4) is 0 Å². The van der Waals surface area contributed by atoms with Gasteiger partial charge in [0.15, 0.2) is 0 Å². The molecule has 0 aliphatic heterocycles. The van der Waals surface area contributed by atoms with Crippen molar-refractivity contribution in [2.24, 2.45) is 0 Å². The minimum atomic E-state index is -3.92. The maximum atomic E-state index is 13.4. The Bertz CT molecular complexity index is 1210. The molecule has 3 aromatic rings. The van der Waals surface area contributed by atoms with Gasteiger partial charge in [-0.1, -0.05) is 36.4 Å². The van der Waals surface area contributed by atoms with Gasteiger partial charge in [-0.15, -0.1) is 0 Å². The first-order chi connectivity index (χ1) is 16.3. The highest BCUT2D eigenvalue weighted by molar-refractivity contribution is 7.92. The van der Waals surface area contributed by atoms with Gasteiger partial charge >= 0.3 is 0 Å². The van der Waals surface area contributed by atoms with Crippen molar-refractivity contribution >= 4 is 27.3 Å². The molecule has 0 heterocycles. The second-order valence-corrected chi connectivity index (χ2v) is 10.1. The van der Waals surface area contributed by atoms with Crippen molar-refractivity contribution in [2.45, 2.75) is 39.1 Å². The molecule has 1 N–H and O–H groups in total. The standard InChI is InChI=1S/C27H33N3O3S/c1-5-29(6-2)24-16-13-23(14-17-24)19-28-27(31)20-30(25-15-12-21(3)22(4)18-25)34(32,33)26-10-8-7-9-11-26/h7-18H,5-6,19-20H2,1-4H3,(H,28,31). The molecule has 0 atom stereocenters. The van der Waals surface area contributed by atoms with E-state index in [0.29, 0.717) is 12.2 Å². The Morgan fingerprint density at radius 1 is 0.824 bits per heavy atom. The molecule has 0 radical (unpaired) electrons. The quantitative estimate of drug-likeness (QED) is 0.459. The molecule has 0 bridgehead atoms. The zero-order valence-corrected chi connectivity index (χ0v) is 21.1. The van der Waals surface area contributed by atoms with Gasteiger partial charge in [0.05, 0.1) is 10.6 Å². The van der Waals surface area contributed by atoms with Gasteiger partial charge in [-0.25, -0.2) is 8.42 Å². The molecule has 180 valence electrons. The first kappa shape index (κ1) is 25.3. The molecule has 0 fully saturated rings. The topological polar surface area (TPSA) is 69.7 Å². The number of hydrogen-bond acceptors (Lipinski definition) is 4. The van der Waals surface area contributed by atoms with Crippen molar-refractivity contribution in [1.82, 2.24) is 5.32 Å². The van der Waals surface area contributed by atoms with E-state index in [1.807, 2.05) is 44.2 Å². The normalized spacial score (nSPS) is 11.2. The molecule has 6 nitrogen and oxygen atoms in total. The summed E-state index contributed by atoms with van der Waals surface area (Å²) in [5.74, 6) is -0.370. The van der Waals surface area contributed by atoms with Crippen molar-refractivity contribution < 1.29 is 13.2 Å². The van der Waals surface area contributed by atoms with Gasteiger partial charge in [0.2, 0.25) is 5.91 Å². The summed E-state index contributed by atoms with van der Waals surface area (Å²) in [5.41, 5.74) is 4.56. The molecule has 0 saturated carbocycles. The highest BCUT2D eigenvalue weighted by Gasteiger charge is 2.27. The van der Waals surface area contributed by atoms with Gasteiger partial charge in [-0.05, 0) is 80.8 Å². The van der Waals surface area contributed by atoms with Crippen LogP contribution in [-0.2, 0) is 21.4 Å². The smallest absolute Gasteiger partial charge is 0.264 e. The highest BCUT2D eigenvalue weighted by Crippen LogP contribution is 2.25. The van der Waals surface area contributed by atoms with E-state index < -0.39 is 10.0 Å². The minimum Gasteiger partial charge on any atom is -0.372 e. The number of carbonyl (C=O) groups is 1. The highest BCUT2D eigenvalue weighted by atomic mass is 32.2. The van der Waals surface area contributed by atoms with Gasteiger partial charge < -0.3 is 10.2 Å². The maximum absolute atomic E-state index is 13.4. The van der Waals surface area contributed by atoms with Crippen LogP contribution in [0.15, 0.2) is 77.7 Å². The number of amides is 1. The van der Waals surface area contributed by atoms with Gasteiger partial charge in [-0.2, -0.15) is 0 Å². The fourth-order valence-electron chi connectivity index (χ4n) is 3.72. The summed E-state index contributed by atoms with van der Waals surface area (Å²) < 4.78 is 28.1. The molecule has 0 unspecified atom stereocenters. The largest absolute Gasteiger partial charge is 0.372 e. The van der Waals surface area contributed by atoms with Crippen molar-refractivity contribution in [3.63, 3.8) is 0 Å². The number of nitrogens with zero attached hydrogens (tertiary/aromatic N) is 2. The van der Waals surface area contributed by atoms with Crippen LogP contribution >= 0.6 is 0 Å². The Hall–Kier alpha value is -3.32. The third-order valence-electron chi connectivity index (χ3n) is 5.95. The Labute approximate surface area is 203 Å². The molecular weight excluding hydrogens is 446 g/mol. The third-order valence-corrected chi connectivity index (χ3v) is 7.74. The molecule has 3 aromatic carbocycles. The van der Waals surface area contributed by atoms with E-state index in [0.717, 1.165) is 35.5 Å². The summed E-state index contributed by atoms with van der Waals surface area (Å²) in [6, 6.07) is 21.6. The average Bonchev–Trinajstić information content (AvgIpc) is 2.85. The molecule has 0 spiro atoms. The Morgan fingerprint density at radius 2 is 1.44 bits per heavy atom. The molecule has 34 heavy (non-hydrogen) atoms. The molecule has 0 aromatic heterocycles. The number of nitrogens with one attached hydrogen (secondary N) is 1. The van der Waals surface area contributed by atoms with Crippen LogP contribution in [0.25, 0.3) is 0 Å². The van der Waals surface area contributed by atoms with Crippen LogP contribution in [0.4, 0.5) is 11.4 Å². The summed E-state index contributed by atoms with van der Waals surface area (Å²) in [6.45, 7) is 9.99. The van der Waals surface area contributed by atoms with Crippen LogP contribution in [0.5, 0.6) is 0 Å². The van der Waals surface area contributed by atoms with Crippen LogP contribution < -0.4 is 14.5 Å². The van der Waals surface area contributed by atoms with Crippen LogP contribution in [0.3, 0.4) is 0 Å². The summed E-state index contributed by atoms with van der Waals surface area (Å²) in [4.78, 5) is 15.3. The fourth-order valence-corrected chi connectivity index (χ4v) is 5.15. The van der Waals surface area contributed by atoms with E-state index in [4.69, 9.17) is 0 Å². The lowest BCUT2D eigenvalue weighted by molar-refractivity contribution is -0.119. The monoisotopic (exact) mass is 479 g/mol. The Kier molecular flexibility index (Phi) is 8.34. The Morgan fingerprint density at radius 3 is 2.03 bits per heavy atom. The van der Waals surface area contributed by atoms with Crippen LogP contribution in [-0.4, -0.2) is 34.0 Å². The number of benzene rings is 3. The zero-order chi connectivity index (χ0) is 24.7. The van der Waals surface area contributed by atoms with E-state index in [9.17, 15) is 13.2 Å². The van der Waals surface area contributed by atoms with Gasteiger partial charge in [0.25, 0.3) is 10.0 Å². The van der Waals surface area contributed by atoms with Crippen LogP contribution in [0.2, 0.25) is 0 Å². The first-order valence-electron chi connectivity index (χ1n) is 11.5. The second-order valence-electron chi connectivity index (χ2n) is 8.21. The van der Waals surface area contributed by atoms with Gasteiger partial charge in [0.1, 0.15) is 6.54 Å². The predicted molar refractivity (Wildman–Crippen MR) is 139 cm³/mol. The van der Waals surface area contributed by atoms with E-state index in [2.05, 4.69) is 24.1 Å². The summed E-state index contributed by atoms with van der Waals surface area (Å²) in [6.07, 6.45) is 0. The van der Waals surface area contributed by atoms with Crippen LogP contribution in [0, 0.1) is 13.8 Å². The molecule has 7 heteroatoms. The average molecular weight is 480 g/mol. The van der Waals surface area contributed by atoms with Gasteiger partial charge in [0, 0.05) is 25.3 Å². The van der Waals surface area contributed by atoms with E-state index in [1.165, 1.54) is 4.31 Å². The summed E-state index contributed by atoms with van der Waals surface area (Å²) >= 11 is 0. The molecule has 0 aliphatic rings. The molecule has 3 rings (SSSR count). The lowest BCUT2D eigenvalue weighted by Crippen LogP contribution is -2.40. The molecule has 0 saturated heterocycles. The number of rotatable bonds is 10. The first-order valence-corrected chi connectivity index (χ1v) is 13.0. The lowest BCUT2D eigenvalue weighted by Gasteiger charge is -2.25. The maximum Gasteiger partial charge on any atom is 0.264 e. The Balaban J connectivity index is 1.78. The second kappa shape index (κ2) is 11.2. The van der Waals surface area contributed by atoms with Crippen molar-refractivity contribution in [2.75, 3.05) is 28.8 Å². The number of hydrogen-bond donors (Lipinski definition) is 1. The SMILES string of the molecule is CCN(CC)c1ccc(CNC(=O)CN(c2ccc(C)c(C)c2)S(=O)(=O)c2ccccc2)cc1.